The first-order chi connectivity index (χ1) is 21.1. The normalized spacial score (nSPS) is 29.1. The molecule has 2 aliphatic carbocycles. The molecule has 3 aliphatic heterocycles. The summed E-state index contributed by atoms with van der Waals surface area (Å²) >= 11 is 0. The van der Waals surface area contributed by atoms with Crippen LogP contribution in [0.2, 0.25) is 0 Å². The van der Waals surface area contributed by atoms with Gasteiger partial charge in [0.25, 0.3) is 11.8 Å². The molecule has 1 aromatic heterocycles. The molecule has 5 aliphatic rings. The first-order valence-corrected chi connectivity index (χ1v) is 14.0. The molecular formula is C29H30N4O11. The number of nitrogens with one attached hydrogen (secondary N) is 2. The van der Waals surface area contributed by atoms with Gasteiger partial charge in [0.1, 0.15) is 35.9 Å². The summed E-state index contributed by atoms with van der Waals surface area (Å²) in [5.41, 5.74) is 4.23. The van der Waals surface area contributed by atoms with E-state index < -0.39 is 74.4 Å². The van der Waals surface area contributed by atoms with Crippen molar-refractivity contribution in [3.63, 3.8) is 0 Å². The highest BCUT2D eigenvalue weighted by Crippen LogP contribution is 2.43. The molecule has 2 aromatic rings. The van der Waals surface area contributed by atoms with Gasteiger partial charge in [0.15, 0.2) is 6.23 Å². The fourth-order valence-electron chi connectivity index (χ4n) is 6.75. The standard InChI is InChI=1S/C29H30N4O11/c34-7-10(8-35)31-33-27(42)20-18-13-3-1-11(37)5-15(13)30-22(18)23-19(21(20)28(33)43)14-4-2-12(38)6-16(14)32(23)29-26(41)25(40)24(39)17(9-36)44-29/h1-2,4-6,10,16-17,24-26,29-31,34-41H,3,7-9H2/t16?,17-,24+,25+,26-,29-/m1/s1. The number of hydrazine groups is 1. The summed E-state index contributed by atoms with van der Waals surface area (Å²) in [7, 11) is 0. The highest BCUT2D eigenvalue weighted by atomic mass is 16.6. The Hall–Kier alpha value is -4.06. The summed E-state index contributed by atoms with van der Waals surface area (Å²) in [6.07, 6.45) is -0.229. The number of allylic oxidation sites excluding steroid dienone is 3. The van der Waals surface area contributed by atoms with Crippen molar-refractivity contribution in [1.82, 2.24) is 15.4 Å². The van der Waals surface area contributed by atoms with Gasteiger partial charge in [-0.25, -0.2) is 10.4 Å². The maximum absolute atomic E-state index is 14.1. The number of hydrogen-bond acceptors (Lipinski definition) is 13. The predicted octanol–water partition coefficient (Wildman–Crippen LogP) is -3.45. The maximum atomic E-state index is 14.1. The van der Waals surface area contributed by atoms with Crippen molar-refractivity contribution in [2.24, 2.45) is 0 Å². The van der Waals surface area contributed by atoms with E-state index in [0.717, 1.165) is 5.01 Å². The van der Waals surface area contributed by atoms with Crippen LogP contribution in [0.4, 0.5) is 5.69 Å². The lowest BCUT2D eigenvalue weighted by Crippen LogP contribution is -2.64. The smallest absolute Gasteiger partial charge is 0.276 e. The molecule has 1 fully saturated rings. The van der Waals surface area contributed by atoms with Crippen molar-refractivity contribution in [3.8, 4) is 0 Å². The fourth-order valence-corrected chi connectivity index (χ4v) is 6.75. The molecule has 10 N–H and O–H groups in total. The summed E-state index contributed by atoms with van der Waals surface area (Å²) in [6, 6.07) is -1.94. The molecule has 6 atom stereocenters. The molecule has 15 heteroatoms. The van der Waals surface area contributed by atoms with E-state index in [2.05, 4.69) is 10.4 Å². The number of H-pyrrole nitrogens is 1. The van der Waals surface area contributed by atoms with E-state index in [1.807, 2.05) is 0 Å². The molecule has 0 bridgehead atoms. The Balaban J connectivity index is 1.55. The highest BCUT2D eigenvalue weighted by molar-refractivity contribution is 6.29. The topological polar surface area (TPSA) is 240 Å². The number of carbonyl (C=O) groups excluding carboxylic acids is 2. The maximum Gasteiger partial charge on any atom is 0.276 e. The summed E-state index contributed by atoms with van der Waals surface area (Å²) in [4.78, 5) is 32.8. The Morgan fingerprint density at radius 2 is 1.70 bits per heavy atom. The summed E-state index contributed by atoms with van der Waals surface area (Å²) in [5.74, 6) is -1.70. The van der Waals surface area contributed by atoms with Gasteiger partial charge in [-0.15, -0.1) is 0 Å². The minimum atomic E-state index is -1.73. The van der Waals surface area contributed by atoms with Crippen LogP contribution in [0.25, 0.3) is 22.6 Å². The number of fused-ring (bicyclic) bond motifs is 9. The van der Waals surface area contributed by atoms with E-state index in [9.17, 15) is 50.4 Å². The van der Waals surface area contributed by atoms with Gasteiger partial charge < -0.3 is 55.5 Å². The zero-order valence-corrected chi connectivity index (χ0v) is 23.0. The molecule has 44 heavy (non-hydrogen) atoms. The third-order valence-corrected chi connectivity index (χ3v) is 8.82. The van der Waals surface area contributed by atoms with Crippen LogP contribution >= 0.6 is 0 Å². The Kier molecular flexibility index (Phi) is 6.69. The minimum Gasteiger partial charge on any atom is -0.508 e. The van der Waals surface area contributed by atoms with Crippen molar-refractivity contribution in [2.75, 3.05) is 24.7 Å². The van der Waals surface area contributed by atoms with Crippen molar-refractivity contribution in [1.29, 1.82) is 0 Å². The predicted molar refractivity (Wildman–Crippen MR) is 151 cm³/mol. The second-order valence-electron chi connectivity index (χ2n) is 11.3. The van der Waals surface area contributed by atoms with Crippen molar-refractivity contribution in [3.05, 3.63) is 63.1 Å². The quantitative estimate of drug-likeness (QED) is 0.143. The minimum absolute atomic E-state index is 0.0215. The Morgan fingerprint density at radius 3 is 2.41 bits per heavy atom. The van der Waals surface area contributed by atoms with E-state index in [1.54, 1.807) is 6.08 Å². The zero-order chi connectivity index (χ0) is 31.2. The number of benzene rings is 1. The number of aromatic nitrogens is 1. The van der Waals surface area contributed by atoms with Crippen molar-refractivity contribution < 1.29 is 55.2 Å². The van der Waals surface area contributed by atoms with E-state index in [0.29, 0.717) is 27.4 Å². The Labute approximate surface area is 247 Å². The van der Waals surface area contributed by atoms with Gasteiger partial charge in [0, 0.05) is 22.0 Å². The first kappa shape index (κ1) is 28.7. The van der Waals surface area contributed by atoms with Gasteiger partial charge in [-0.05, 0) is 35.8 Å². The van der Waals surface area contributed by atoms with Crippen LogP contribution in [0.5, 0.6) is 0 Å². The number of imide groups is 1. The number of aromatic amines is 1. The molecule has 0 radical (unpaired) electrons. The fraction of sp³-hybridized carbons (Fsp3) is 0.379. The van der Waals surface area contributed by atoms with Crippen molar-refractivity contribution in [2.45, 2.75) is 49.1 Å². The summed E-state index contributed by atoms with van der Waals surface area (Å²) in [5, 5.41) is 84.2. The first-order valence-electron chi connectivity index (χ1n) is 14.0. The molecule has 1 unspecified atom stereocenters. The van der Waals surface area contributed by atoms with Crippen molar-refractivity contribution >= 4 is 40.1 Å². The molecule has 0 spiro atoms. The summed E-state index contributed by atoms with van der Waals surface area (Å²) < 4.78 is 5.96. The van der Waals surface area contributed by atoms with E-state index in [1.165, 1.54) is 29.2 Å². The average molecular weight is 611 g/mol. The number of nitrogens with zero attached hydrogens (tertiary/aromatic N) is 2. The Bertz CT molecular complexity index is 1820. The lowest BCUT2D eigenvalue weighted by molar-refractivity contribution is -0.228. The molecule has 1 aromatic carbocycles. The van der Waals surface area contributed by atoms with Crippen LogP contribution in [-0.2, 0) is 11.2 Å². The summed E-state index contributed by atoms with van der Waals surface area (Å²) in [6.45, 7) is -1.84. The monoisotopic (exact) mass is 610 g/mol. The third-order valence-electron chi connectivity index (χ3n) is 8.82. The molecule has 1 saturated heterocycles. The van der Waals surface area contributed by atoms with Gasteiger partial charge in [-0.2, -0.15) is 0 Å². The number of aliphatic hydroxyl groups excluding tert-OH is 8. The number of aliphatic hydroxyl groups is 8. The highest BCUT2D eigenvalue weighted by Gasteiger charge is 2.52. The molecule has 15 nitrogen and oxygen atoms in total. The van der Waals surface area contributed by atoms with Crippen LogP contribution in [-0.4, -0.2) is 125 Å². The van der Waals surface area contributed by atoms with Gasteiger partial charge in [0.2, 0.25) is 0 Å². The molecular weight excluding hydrogens is 580 g/mol. The van der Waals surface area contributed by atoms with Crippen LogP contribution < -0.4 is 20.9 Å². The van der Waals surface area contributed by atoms with Gasteiger partial charge >= 0.3 is 0 Å². The average Bonchev–Trinajstić information content (AvgIpc) is 3.62. The molecule has 0 saturated carbocycles. The number of hydrogen-bond donors (Lipinski definition) is 10. The molecule has 4 heterocycles. The lowest BCUT2D eigenvalue weighted by atomic mass is 9.93. The third kappa shape index (κ3) is 3.85. The second kappa shape index (κ2) is 10.3. The van der Waals surface area contributed by atoms with Crippen LogP contribution in [0.3, 0.4) is 0 Å². The van der Waals surface area contributed by atoms with Gasteiger partial charge in [0.05, 0.1) is 54.2 Å². The number of rotatable bonds is 6. The molecule has 232 valence electrons. The molecule has 7 rings (SSSR count). The number of anilines is 1. The van der Waals surface area contributed by atoms with E-state index in [-0.39, 0.29) is 40.0 Å². The largest absolute Gasteiger partial charge is 0.508 e. The van der Waals surface area contributed by atoms with Gasteiger partial charge in [-0.1, -0.05) is 6.08 Å². The number of amides is 2. The van der Waals surface area contributed by atoms with Crippen LogP contribution in [0, 0.1) is 0 Å². The number of carbonyl (C=O) groups is 2. The lowest BCUT2D eigenvalue weighted by Gasteiger charge is -2.46. The van der Waals surface area contributed by atoms with E-state index in [4.69, 9.17) is 4.74 Å². The zero-order valence-electron chi connectivity index (χ0n) is 23.0. The Morgan fingerprint density at radius 1 is 0.977 bits per heavy atom. The molecule has 2 amide bonds. The second-order valence-corrected chi connectivity index (χ2v) is 11.3. The van der Waals surface area contributed by atoms with Crippen LogP contribution in [0.15, 0.2) is 35.8 Å². The SMILES string of the molecule is O=C1c2c(c3c4c([nH]c3c3c2=C2C=CC(O)=CC2N3[C@@H]2O[C@H](CO)[C@H](O)[C@H](O)[C@H]2O)=CC(O)=CC4)C(=O)N1NC(CO)CO. The van der Waals surface area contributed by atoms with Gasteiger partial charge in [-0.3, -0.25) is 9.59 Å². The number of ether oxygens (including phenoxy) is 1. The van der Waals surface area contributed by atoms with E-state index >= 15 is 0 Å². The van der Waals surface area contributed by atoms with Crippen LogP contribution in [0.1, 0.15) is 26.3 Å².